The Bertz CT molecular complexity index is 1210. The molecule has 0 aliphatic heterocycles. The van der Waals surface area contributed by atoms with Crippen LogP contribution in [0.2, 0.25) is 0 Å². The third-order valence-corrected chi connectivity index (χ3v) is 6.52. The Morgan fingerprint density at radius 3 is 1.94 bits per heavy atom. The summed E-state index contributed by atoms with van der Waals surface area (Å²) >= 11 is 0. The van der Waals surface area contributed by atoms with Crippen molar-refractivity contribution in [2.24, 2.45) is 0 Å². The van der Waals surface area contributed by atoms with Crippen molar-refractivity contribution in [2.75, 3.05) is 6.61 Å². The first kappa shape index (κ1) is 26.7. The molecule has 5 nitrogen and oxygen atoms in total. The Hall–Kier alpha value is -2.94. The number of benzene rings is 3. The lowest BCUT2D eigenvalue weighted by Crippen LogP contribution is -2.43. The van der Waals surface area contributed by atoms with E-state index in [1.165, 1.54) is 38.1 Å². The number of nitrogens with one attached hydrogen (secondary N) is 1. The predicted octanol–water partition coefficient (Wildman–Crippen LogP) is 6.84. The van der Waals surface area contributed by atoms with Crippen molar-refractivity contribution in [1.29, 1.82) is 0 Å². The molecule has 188 valence electrons. The van der Waals surface area contributed by atoms with Gasteiger partial charge in [-0.3, -0.25) is 0 Å². The van der Waals surface area contributed by atoms with E-state index in [2.05, 4.69) is 5.09 Å². The van der Waals surface area contributed by atoms with E-state index in [0.29, 0.717) is 0 Å². The first-order chi connectivity index (χ1) is 16.4. The second-order valence-corrected chi connectivity index (χ2v) is 9.89. The minimum atomic E-state index is -4.78. The fourth-order valence-electron chi connectivity index (χ4n) is 3.06. The average Bonchev–Trinajstić information content (AvgIpc) is 2.80. The van der Waals surface area contributed by atoms with Gasteiger partial charge in [-0.2, -0.15) is 13.9 Å². The summed E-state index contributed by atoms with van der Waals surface area (Å²) in [7, 11) is -4.78. The number of ether oxygens (including phenoxy) is 1. The number of hydrogen-bond donors (Lipinski definition) is 1. The minimum Gasteiger partial charge on any atom is -0.405 e. The van der Waals surface area contributed by atoms with Gasteiger partial charge >= 0.3 is 7.75 Å². The highest BCUT2D eigenvalue weighted by molar-refractivity contribution is 7.52. The second kappa shape index (κ2) is 10.8. The molecule has 0 heterocycles. The molecule has 0 amide bonds. The molecule has 1 N–H and O–H groups in total. The Kier molecular flexibility index (Phi) is 8.20. The largest absolute Gasteiger partial charge is 0.513 e. The van der Waals surface area contributed by atoms with Gasteiger partial charge in [-0.1, -0.05) is 42.5 Å². The second-order valence-electron chi connectivity index (χ2n) is 8.31. The Labute approximate surface area is 199 Å². The number of rotatable bonds is 10. The standard InChI is InChI=1S/C24H23F5NO4P/c1-15-9-7-8-10-16(15)13-32-14-24(2,3)30-35(31,33-17-11-5-4-6-12-17)34-23-21(28)19(26)18(25)20(27)22(23)29/h4-12H,13-14H2,1-3H3,(H,30,31). The zero-order valence-electron chi connectivity index (χ0n) is 19.1. The smallest absolute Gasteiger partial charge is 0.405 e. The van der Waals surface area contributed by atoms with Crippen LogP contribution in [0, 0.1) is 36.0 Å². The van der Waals surface area contributed by atoms with Gasteiger partial charge in [-0.05, 0) is 44.0 Å². The van der Waals surface area contributed by atoms with E-state index < -0.39 is 48.1 Å². The number of halogens is 5. The van der Waals surface area contributed by atoms with Crippen LogP contribution >= 0.6 is 7.75 Å². The van der Waals surface area contributed by atoms with Gasteiger partial charge in [0.1, 0.15) is 5.75 Å². The Balaban J connectivity index is 1.87. The molecule has 0 saturated carbocycles. The summed E-state index contributed by atoms with van der Waals surface area (Å²) in [6.45, 7) is 5.10. The van der Waals surface area contributed by atoms with Crippen LogP contribution in [0.15, 0.2) is 54.6 Å². The highest BCUT2D eigenvalue weighted by Crippen LogP contribution is 2.48. The molecule has 3 rings (SSSR count). The van der Waals surface area contributed by atoms with E-state index in [-0.39, 0.29) is 19.0 Å². The van der Waals surface area contributed by atoms with Crippen molar-refractivity contribution in [3.05, 3.63) is 94.8 Å². The van der Waals surface area contributed by atoms with Gasteiger partial charge < -0.3 is 13.8 Å². The molecule has 1 unspecified atom stereocenters. The molecule has 1 atom stereocenters. The third-order valence-electron chi connectivity index (χ3n) is 4.77. The van der Waals surface area contributed by atoms with E-state index in [1.807, 2.05) is 31.2 Å². The van der Waals surface area contributed by atoms with Crippen molar-refractivity contribution < 1.29 is 40.3 Å². The topological polar surface area (TPSA) is 56.8 Å². The number of hydrogen-bond acceptors (Lipinski definition) is 4. The van der Waals surface area contributed by atoms with Crippen LogP contribution in [-0.4, -0.2) is 12.1 Å². The maximum absolute atomic E-state index is 14.3. The van der Waals surface area contributed by atoms with Crippen molar-refractivity contribution in [1.82, 2.24) is 5.09 Å². The normalized spacial score (nSPS) is 13.4. The van der Waals surface area contributed by atoms with Crippen LogP contribution < -0.4 is 14.1 Å². The van der Waals surface area contributed by atoms with Gasteiger partial charge in [0.15, 0.2) is 0 Å². The summed E-state index contributed by atoms with van der Waals surface area (Å²) in [5.41, 5.74) is 0.701. The van der Waals surface area contributed by atoms with Gasteiger partial charge in [0.05, 0.1) is 13.2 Å². The molecule has 0 aliphatic rings. The van der Waals surface area contributed by atoms with Crippen LogP contribution in [0.5, 0.6) is 11.5 Å². The molecular formula is C24H23F5NO4P. The molecule has 0 saturated heterocycles. The van der Waals surface area contributed by atoms with E-state index in [4.69, 9.17) is 13.8 Å². The fourth-order valence-corrected chi connectivity index (χ4v) is 4.80. The fraction of sp³-hybridized carbons (Fsp3) is 0.250. The molecule has 0 radical (unpaired) electrons. The molecule has 3 aromatic carbocycles. The van der Waals surface area contributed by atoms with E-state index >= 15 is 0 Å². The molecule has 35 heavy (non-hydrogen) atoms. The molecule has 3 aromatic rings. The SMILES string of the molecule is Cc1ccccc1COCC(C)(C)NP(=O)(Oc1ccccc1)Oc1c(F)c(F)c(F)c(F)c1F. The molecule has 0 fully saturated rings. The average molecular weight is 515 g/mol. The lowest BCUT2D eigenvalue weighted by Gasteiger charge is -2.30. The van der Waals surface area contributed by atoms with E-state index in [9.17, 15) is 26.5 Å². The summed E-state index contributed by atoms with van der Waals surface area (Å²) in [5.74, 6) is -13.2. The van der Waals surface area contributed by atoms with Crippen molar-refractivity contribution in [3.8, 4) is 11.5 Å². The highest BCUT2D eigenvalue weighted by atomic mass is 31.2. The van der Waals surface area contributed by atoms with Gasteiger partial charge in [-0.15, -0.1) is 0 Å². The highest BCUT2D eigenvalue weighted by Gasteiger charge is 2.40. The Morgan fingerprint density at radius 2 is 1.34 bits per heavy atom. The zero-order valence-corrected chi connectivity index (χ0v) is 20.0. The van der Waals surface area contributed by atoms with E-state index in [1.54, 1.807) is 6.07 Å². The van der Waals surface area contributed by atoms with Crippen molar-refractivity contribution in [2.45, 2.75) is 32.9 Å². The summed E-state index contributed by atoms with van der Waals surface area (Å²) in [4.78, 5) is 0. The van der Waals surface area contributed by atoms with E-state index in [0.717, 1.165) is 11.1 Å². The van der Waals surface area contributed by atoms with Crippen molar-refractivity contribution >= 4 is 7.75 Å². The van der Waals surface area contributed by atoms with Crippen LogP contribution in [0.1, 0.15) is 25.0 Å². The minimum absolute atomic E-state index is 0.0381. The number of aryl methyl sites for hydroxylation is 1. The van der Waals surface area contributed by atoms with Gasteiger partial charge in [0.2, 0.25) is 34.8 Å². The van der Waals surface area contributed by atoms with Crippen LogP contribution in [-0.2, 0) is 15.9 Å². The summed E-state index contributed by atoms with van der Waals surface area (Å²) in [6.07, 6.45) is 0. The maximum Gasteiger partial charge on any atom is 0.513 e. The van der Waals surface area contributed by atoms with Crippen molar-refractivity contribution in [3.63, 3.8) is 0 Å². The molecule has 0 aromatic heterocycles. The molecule has 0 aliphatic carbocycles. The number of para-hydroxylation sites is 1. The summed E-state index contributed by atoms with van der Waals surface area (Å²) < 4.78 is 98.8. The maximum atomic E-state index is 14.3. The quantitative estimate of drug-likeness (QED) is 0.139. The lowest BCUT2D eigenvalue weighted by molar-refractivity contribution is 0.0765. The van der Waals surface area contributed by atoms with Crippen LogP contribution in [0.3, 0.4) is 0 Å². The molecule has 0 spiro atoms. The summed E-state index contributed by atoms with van der Waals surface area (Å²) in [5, 5.41) is 2.49. The van der Waals surface area contributed by atoms with Crippen LogP contribution in [0.4, 0.5) is 22.0 Å². The van der Waals surface area contributed by atoms with Crippen LogP contribution in [0.25, 0.3) is 0 Å². The Morgan fingerprint density at radius 1 is 0.800 bits per heavy atom. The van der Waals surface area contributed by atoms with Gasteiger partial charge in [0, 0.05) is 5.54 Å². The third kappa shape index (κ3) is 6.60. The first-order valence-corrected chi connectivity index (χ1v) is 11.9. The van der Waals surface area contributed by atoms with Gasteiger partial charge in [-0.25, -0.2) is 17.7 Å². The lowest BCUT2D eigenvalue weighted by atomic mass is 10.1. The first-order valence-electron chi connectivity index (χ1n) is 10.4. The summed E-state index contributed by atoms with van der Waals surface area (Å²) in [6, 6.07) is 14.9. The zero-order chi connectivity index (χ0) is 25.8. The monoisotopic (exact) mass is 515 g/mol. The van der Waals surface area contributed by atoms with Gasteiger partial charge in [0.25, 0.3) is 0 Å². The predicted molar refractivity (Wildman–Crippen MR) is 120 cm³/mol. The molecule has 0 bridgehead atoms. The molecule has 11 heteroatoms. The molecular weight excluding hydrogens is 492 g/mol.